The van der Waals surface area contributed by atoms with E-state index in [0.29, 0.717) is 24.0 Å². The van der Waals surface area contributed by atoms with Gasteiger partial charge in [-0.05, 0) is 74.2 Å². The number of sulfonamides is 1. The SMILES string of the molecule is CCOc1ccc(S(=O)(=O)Nc2ccc(N3CCCC(C)C3)cc2)cc1. The fourth-order valence-corrected chi connectivity index (χ4v) is 4.32. The predicted molar refractivity (Wildman–Crippen MR) is 105 cm³/mol. The molecule has 0 spiro atoms. The normalized spacial score (nSPS) is 17.8. The monoisotopic (exact) mass is 374 g/mol. The lowest BCUT2D eigenvalue weighted by Gasteiger charge is -2.32. The van der Waals surface area contributed by atoms with Gasteiger partial charge in [0, 0.05) is 24.5 Å². The maximum atomic E-state index is 12.5. The summed E-state index contributed by atoms with van der Waals surface area (Å²) in [5.41, 5.74) is 1.70. The van der Waals surface area contributed by atoms with Gasteiger partial charge in [-0.1, -0.05) is 6.92 Å². The van der Waals surface area contributed by atoms with Crippen LogP contribution in [0.25, 0.3) is 0 Å². The van der Waals surface area contributed by atoms with Crippen LogP contribution in [0.1, 0.15) is 26.7 Å². The average molecular weight is 375 g/mol. The Labute approximate surface area is 156 Å². The Kier molecular flexibility index (Phi) is 5.71. The molecule has 1 heterocycles. The van der Waals surface area contributed by atoms with Gasteiger partial charge in [-0.3, -0.25) is 4.72 Å². The molecule has 0 saturated carbocycles. The second-order valence-corrected chi connectivity index (χ2v) is 8.43. The lowest BCUT2D eigenvalue weighted by molar-refractivity contribution is 0.340. The fourth-order valence-electron chi connectivity index (χ4n) is 3.26. The molecule has 1 unspecified atom stereocenters. The van der Waals surface area contributed by atoms with E-state index in [4.69, 9.17) is 4.74 Å². The van der Waals surface area contributed by atoms with Crippen LogP contribution in [0.4, 0.5) is 11.4 Å². The quantitative estimate of drug-likeness (QED) is 0.826. The van der Waals surface area contributed by atoms with Crippen molar-refractivity contribution in [3.63, 3.8) is 0 Å². The van der Waals surface area contributed by atoms with Crippen LogP contribution >= 0.6 is 0 Å². The summed E-state index contributed by atoms with van der Waals surface area (Å²) in [6, 6.07) is 14.0. The number of benzene rings is 2. The summed E-state index contributed by atoms with van der Waals surface area (Å²) in [6.45, 7) is 6.82. The molecule has 1 N–H and O–H groups in total. The summed E-state index contributed by atoms with van der Waals surface area (Å²) >= 11 is 0. The number of hydrogen-bond acceptors (Lipinski definition) is 4. The number of anilines is 2. The largest absolute Gasteiger partial charge is 0.494 e. The van der Waals surface area contributed by atoms with E-state index in [0.717, 1.165) is 18.8 Å². The zero-order chi connectivity index (χ0) is 18.6. The van der Waals surface area contributed by atoms with E-state index in [-0.39, 0.29) is 4.90 Å². The van der Waals surface area contributed by atoms with Gasteiger partial charge in [-0.25, -0.2) is 8.42 Å². The average Bonchev–Trinajstić information content (AvgIpc) is 2.63. The molecule has 140 valence electrons. The summed E-state index contributed by atoms with van der Waals surface area (Å²) in [6.07, 6.45) is 2.48. The zero-order valence-corrected chi connectivity index (χ0v) is 16.1. The highest BCUT2D eigenvalue weighted by atomic mass is 32.2. The summed E-state index contributed by atoms with van der Waals surface area (Å²) in [4.78, 5) is 2.58. The highest BCUT2D eigenvalue weighted by Gasteiger charge is 2.17. The van der Waals surface area contributed by atoms with Gasteiger partial charge in [-0.15, -0.1) is 0 Å². The minimum Gasteiger partial charge on any atom is -0.494 e. The Hall–Kier alpha value is -2.21. The third kappa shape index (κ3) is 4.49. The molecule has 0 amide bonds. The van der Waals surface area contributed by atoms with E-state index in [9.17, 15) is 8.42 Å². The molecule has 0 bridgehead atoms. The van der Waals surface area contributed by atoms with E-state index >= 15 is 0 Å². The van der Waals surface area contributed by atoms with Crippen LogP contribution in [0, 0.1) is 5.92 Å². The van der Waals surface area contributed by atoms with Crippen molar-refractivity contribution >= 4 is 21.4 Å². The van der Waals surface area contributed by atoms with Gasteiger partial charge >= 0.3 is 0 Å². The Balaban J connectivity index is 1.69. The first-order valence-corrected chi connectivity index (χ1v) is 10.6. The van der Waals surface area contributed by atoms with E-state index in [2.05, 4.69) is 16.5 Å². The molecular weight excluding hydrogens is 348 g/mol. The maximum absolute atomic E-state index is 12.5. The first-order chi connectivity index (χ1) is 12.5. The van der Waals surface area contributed by atoms with Gasteiger partial charge in [0.05, 0.1) is 11.5 Å². The number of nitrogens with zero attached hydrogens (tertiary/aromatic N) is 1. The van der Waals surface area contributed by atoms with Crippen molar-refractivity contribution in [1.82, 2.24) is 0 Å². The molecule has 0 aromatic heterocycles. The number of ether oxygens (including phenoxy) is 1. The zero-order valence-electron chi connectivity index (χ0n) is 15.3. The van der Waals surface area contributed by atoms with Crippen molar-refractivity contribution in [1.29, 1.82) is 0 Å². The van der Waals surface area contributed by atoms with Crippen molar-refractivity contribution in [2.45, 2.75) is 31.6 Å². The van der Waals surface area contributed by atoms with Gasteiger partial charge in [0.25, 0.3) is 10.0 Å². The first kappa shape index (κ1) is 18.6. The predicted octanol–water partition coefficient (Wildman–Crippen LogP) is 4.12. The highest BCUT2D eigenvalue weighted by molar-refractivity contribution is 7.92. The van der Waals surface area contributed by atoms with Crippen molar-refractivity contribution in [3.05, 3.63) is 48.5 Å². The molecule has 3 rings (SSSR count). The molecule has 0 radical (unpaired) electrons. The second-order valence-electron chi connectivity index (χ2n) is 6.75. The molecule has 5 nitrogen and oxygen atoms in total. The lowest BCUT2D eigenvalue weighted by Crippen LogP contribution is -2.34. The van der Waals surface area contributed by atoms with E-state index in [1.54, 1.807) is 24.3 Å². The topological polar surface area (TPSA) is 58.6 Å². The molecule has 2 aromatic rings. The first-order valence-electron chi connectivity index (χ1n) is 9.08. The van der Waals surface area contributed by atoms with Crippen molar-refractivity contribution < 1.29 is 13.2 Å². The fraction of sp³-hybridized carbons (Fsp3) is 0.400. The summed E-state index contributed by atoms with van der Waals surface area (Å²) < 4.78 is 33.1. The maximum Gasteiger partial charge on any atom is 0.261 e. The number of hydrogen-bond donors (Lipinski definition) is 1. The Morgan fingerprint density at radius 1 is 1.12 bits per heavy atom. The Morgan fingerprint density at radius 2 is 1.81 bits per heavy atom. The van der Waals surface area contributed by atoms with Crippen LogP contribution in [-0.2, 0) is 10.0 Å². The Morgan fingerprint density at radius 3 is 2.42 bits per heavy atom. The van der Waals surface area contributed by atoms with Crippen molar-refractivity contribution in [2.75, 3.05) is 29.3 Å². The molecule has 0 aliphatic carbocycles. The minimum atomic E-state index is -3.61. The summed E-state index contributed by atoms with van der Waals surface area (Å²) in [5, 5.41) is 0. The summed E-state index contributed by atoms with van der Waals surface area (Å²) in [5.74, 6) is 1.35. The second kappa shape index (κ2) is 7.99. The van der Waals surface area contributed by atoms with Gasteiger partial charge in [0.15, 0.2) is 0 Å². The molecule has 1 saturated heterocycles. The van der Waals surface area contributed by atoms with E-state index in [1.807, 2.05) is 31.2 Å². The highest BCUT2D eigenvalue weighted by Crippen LogP contribution is 2.25. The molecule has 6 heteroatoms. The molecule has 1 fully saturated rings. The van der Waals surface area contributed by atoms with Crippen LogP contribution < -0.4 is 14.4 Å². The van der Waals surface area contributed by atoms with Crippen LogP contribution in [-0.4, -0.2) is 28.1 Å². The summed E-state index contributed by atoms with van der Waals surface area (Å²) in [7, 11) is -3.61. The molecule has 26 heavy (non-hydrogen) atoms. The van der Waals surface area contributed by atoms with E-state index < -0.39 is 10.0 Å². The number of piperidine rings is 1. The number of nitrogens with one attached hydrogen (secondary N) is 1. The van der Waals surface area contributed by atoms with Crippen LogP contribution in [0.3, 0.4) is 0 Å². The van der Waals surface area contributed by atoms with Crippen LogP contribution in [0.15, 0.2) is 53.4 Å². The molecule has 1 aliphatic rings. The van der Waals surface area contributed by atoms with Gasteiger partial charge < -0.3 is 9.64 Å². The standard InChI is InChI=1S/C20H26N2O3S/c1-3-25-19-10-12-20(13-11-19)26(23,24)21-17-6-8-18(9-7-17)22-14-4-5-16(2)15-22/h6-13,16,21H,3-5,14-15H2,1-2H3. The Bertz CT molecular complexity index is 817. The van der Waals surface area contributed by atoms with Gasteiger partial charge in [0.1, 0.15) is 5.75 Å². The van der Waals surface area contributed by atoms with Gasteiger partial charge in [-0.2, -0.15) is 0 Å². The molecule has 1 atom stereocenters. The third-order valence-electron chi connectivity index (χ3n) is 4.59. The minimum absolute atomic E-state index is 0.217. The molecule has 2 aromatic carbocycles. The van der Waals surface area contributed by atoms with Crippen LogP contribution in [0.5, 0.6) is 5.75 Å². The number of rotatable bonds is 6. The van der Waals surface area contributed by atoms with Crippen molar-refractivity contribution in [3.8, 4) is 5.75 Å². The smallest absolute Gasteiger partial charge is 0.261 e. The lowest BCUT2D eigenvalue weighted by atomic mass is 10.00. The van der Waals surface area contributed by atoms with Crippen molar-refractivity contribution in [2.24, 2.45) is 5.92 Å². The van der Waals surface area contributed by atoms with E-state index in [1.165, 1.54) is 12.8 Å². The van der Waals surface area contributed by atoms with Gasteiger partial charge in [0.2, 0.25) is 0 Å². The third-order valence-corrected chi connectivity index (χ3v) is 5.98. The molecular formula is C20H26N2O3S. The van der Waals surface area contributed by atoms with Crippen LogP contribution in [0.2, 0.25) is 0 Å². The molecule has 1 aliphatic heterocycles.